The molecular weight excluding hydrogens is 216 g/mol. The summed E-state index contributed by atoms with van der Waals surface area (Å²) in [4.78, 5) is 0. The molecule has 5 heteroatoms. The number of benzene rings is 1. The van der Waals surface area contributed by atoms with Gasteiger partial charge in [0.25, 0.3) is 0 Å². The summed E-state index contributed by atoms with van der Waals surface area (Å²) < 4.78 is 5.32. The van der Waals surface area contributed by atoms with Gasteiger partial charge in [0.15, 0.2) is 0 Å². The molecule has 0 aliphatic carbocycles. The molecule has 1 saturated heterocycles. The Hall–Kier alpha value is -1.72. The van der Waals surface area contributed by atoms with Gasteiger partial charge < -0.3 is 10.2 Å². The van der Waals surface area contributed by atoms with Crippen molar-refractivity contribution in [3.63, 3.8) is 0 Å². The number of fused-ring (bicyclic) bond motifs is 1. The van der Waals surface area contributed by atoms with Gasteiger partial charge in [0.2, 0.25) is 0 Å². The highest BCUT2D eigenvalue weighted by Gasteiger charge is 2.11. The third-order valence-electron chi connectivity index (χ3n) is 2.84. The first-order chi connectivity index (χ1) is 8.43. The molecule has 1 aliphatic heterocycles. The maximum absolute atomic E-state index is 5.32. The van der Waals surface area contributed by atoms with E-state index in [0.717, 1.165) is 42.9 Å². The van der Waals surface area contributed by atoms with E-state index in [2.05, 4.69) is 20.6 Å². The summed E-state index contributed by atoms with van der Waals surface area (Å²) in [5.41, 5.74) is 5.28. The maximum atomic E-state index is 5.32. The Labute approximate surface area is 99.4 Å². The number of anilines is 1. The van der Waals surface area contributed by atoms with Crippen LogP contribution in [0.3, 0.4) is 0 Å². The summed E-state index contributed by atoms with van der Waals surface area (Å²) >= 11 is 0. The minimum absolute atomic E-state index is 0.767. The Morgan fingerprint density at radius 3 is 2.88 bits per heavy atom. The fourth-order valence-corrected chi connectivity index (χ4v) is 1.94. The van der Waals surface area contributed by atoms with E-state index >= 15 is 0 Å². The molecule has 1 N–H and O–H groups in total. The van der Waals surface area contributed by atoms with Crippen LogP contribution in [0.5, 0.6) is 0 Å². The first kappa shape index (κ1) is 10.4. The Bertz CT molecular complexity index is 505. The zero-order chi connectivity index (χ0) is 11.5. The van der Waals surface area contributed by atoms with Crippen molar-refractivity contribution in [1.82, 2.24) is 15.2 Å². The summed E-state index contributed by atoms with van der Waals surface area (Å²) in [6, 6.07) is 7.99. The number of rotatable bonds is 2. The van der Waals surface area contributed by atoms with Crippen molar-refractivity contribution in [2.24, 2.45) is 0 Å². The van der Waals surface area contributed by atoms with Gasteiger partial charge in [0.1, 0.15) is 0 Å². The van der Waals surface area contributed by atoms with E-state index in [1.807, 2.05) is 24.3 Å². The molecule has 3 rings (SSSR count). The molecule has 1 aliphatic rings. The molecule has 88 valence electrons. The minimum atomic E-state index is 0.767. The second kappa shape index (κ2) is 4.65. The van der Waals surface area contributed by atoms with Crippen molar-refractivity contribution in [2.45, 2.75) is 0 Å². The second-order valence-corrected chi connectivity index (χ2v) is 3.99. The minimum Gasteiger partial charge on any atom is -0.379 e. The Morgan fingerprint density at radius 2 is 2.00 bits per heavy atom. The number of hydrogen-bond acceptors (Lipinski definition) is 5. The van der Waals surface area contributed by atoms with Gasteiger partial charge in [0, 0.05) is 18.5 Å². The monoisotopic (exact) mass is 230 g/mol. The molecular formula is C12H14N4O. The largest absolute Gasteiger partial charge is 0.379 e. The van der Waals surface area contributed by atoms with Crippen molar-refractivity contribution in [3.8, 4) is 0 Å². The summed E-state index contributed by atoms with van der Waals surface area (Å²) in [6.07, 6.45) is 1.76. The third-order valence-corrected chi connectivity index (χ3v) is 2.84. The Balaban J connectivity index is 1.89. The summed E-state index contributed by atoms with van der Waals surface area (Å²) in [5, 5.41) is 11.3. The van der Waals surface area contributed by atoms with Crippen LogP contribution in [0.2, 0.25) is 0 Å². The average Bonchev–Trinajstić information content (AvgIpc) is 2.40. The molecule has 5 nitrogen and oxygen atoms in total. The van der Waals surface area contributed by atoms with Crippen LogP contribution in [0, 0.1) is 0 Å². The van der Waals surface area contributed by atoms with E-state index < -0.39 is 0 Å². The van der Waals surface area contributed by atoms with E-state index in [-0.39, 0.29) is 0 Å². The lowest BCUT2D eigenvalue weighted by Crippen LogP contribution is -2.40. The number of hydrogen-bond donors (Lipinski definition) is 1. The predicted molar refractivity (Wildman–Crippen MR) is 65.6 cm³/mol. The van der Waals surface area contributed by atoms with Crippen LogP contribution in [0.15, 0.2) is 30.5 Å². The van der Waals surface area contributed by atoms with E-state index in [1.54, 1.807) is 6.20 Å². The first-order valence-electron chi connectivity index (χ1n) is 5.73. The molecule has 1 fully saturated rings. The number of hydrazine groups is 1. The van der Waals surface area contributed by atoms with Gasteiger partial charge in [-0.25, -0.2) is 5.01 Å². The molecule has 0 bridgehead atoms. The quantitative estimate of drug-likeness (QED) is 0.842. The van der Waals surface area contributed by atoms with E-state index in [1.165, 1.54) is 0 Å². The van der Waals surface area contributed by atoms with E-state index in [9.17, 15) is 0 Å². The lowest BCUT2D eigenvalue weighted by molar-refractivity contribution is 0.0497. The molecule has 0 radical (unpaired) electrons. The summed E-state index contributed by atoms with van der Waals surface area (Å²) in [5.74, 6) is 0. The van der Waals surface area contributed by atoms with Crippen molar-refractivity contribution < 1.29 is 4.74 Å². The van der Waals surface area contributed by atoms with Crippen LogP contribution in [0.4, 0.5) is 5.69 Å². The van der Waals surface area contributed by atoms with Gasteiger partial charge in [-0.2, -0.15) is 10.2 Å². The number of nitrogens with zero attached hydrogens (tertiary/aromatic N) is 3. The predicted octanol–water partition coefficient (Wildman–Crippen LogP) is 1.29. The van der Waals surface area contributed by atoms with Gasteiger partial charge in [-0.15, -0.1) is 0 Å². The highest BCUT2D eigenvalue weighted by molar-refractivity contribution is 5.89. The molecule has 17 heavy (non-hydrogen) atoms. The van der Waals surface area contributed by atoms with Gasteiger partial charge in [-0.1, -0.05) is 18.2 Å². The van der Waals surface area contributed by atoms with Crippen LogP contribution in [-0.4, -0.2) is 41.5 Å². The van der Waals surface area contributed by atoms with Crippen LogP contribution in [-0.2, 0) is 4.74 Å². The topological polar surface area (TPSA) is 50.3 Å². The molecule has 2 aromatic rings. The number of nitrogens with one attached hydrogen (secondary N) is 1. The molecule has 0 spiro atoms. The standard InChI is InChI=1S/C12H14N4O/c1-2-4-11-10(3-1)12(9-13-14-11)15-16-5-7-17-8-6-16/h1-4,9H,5-8H2,(H,14,15). The first-order valence-corrected chi connectivity index (χ1v) is 5.73. The zero-order valence-electron chi connectivity index (χ0n) is 9.47. The highest BCUT2D eigenvalue weighted by Crippen LogP contribution is 2.20. The van der Waals surface area contributed by atoms with E-state index in [0.29, 0.717) is 0 Å². The SMILES string of the molecule is c1ccc2c(NN3CCOCC3)cnnc2c1. The third kappa shape index (κ3) is 2.20. The van der Waals surface area contributed by atoms with Gasteiger partial charge in [0.05, 0.1) is 30.6 Å². The van der Waals surface area contributed by atoms with Crippen molar-refractivity contribution in [1.29, 1.82) is 0 Å². The van der Waals surface area contributed by atoms with Gasteiger partial charge >= 0.3 is 0 Å². The normalized spacial score (nSPS) is 17.2. The smallest absolute Gasteiger partial charge is 0.0950 e. The van der Waals surface area contributed by atoms with E-state index in [4.69, 9.17) is 4.74 Å². The van der Waals surface area contributed by atoms with Crippen LogP contribution < -0.4 is 5.43 Å². The number of aromatic nitrogens is 2. The molecule has 1 aromatic carbocycles. The van der Waals surface area contributed by atoms with Crippen LogP contribution >= 0.6 is 0 Å². The van der Waals surface area contributed by atoms with Crippen LogP contribution in [0.1, 0.15) is 0 Å². The molecule has 2 heterocycles. The fourth-order valence-electron chi connectivity index (χ4n) is 1.94. The molecule has 0 atom stereocenters. The Morgan fingerprint density at radius 1 is 1.18 bits per heavy atom. The summed E-state index contributed by atoms with van der Waals surface area (Å²) in [6.45, 7) is 3.31. The van der Waals surface area contributed by atoms with Gasteiger partial charge in [-0.3, -0.25) is 0 Å². The Kier molecular flexibility index (Phi) is 2.85. The molecule has 0 amide bonds. The highest BCUT2D eigenvalue weighted by atomic mass is 16.5. The number of morpholine rings is 1. The molecule has 0 unspecified atom stereocenters. The van der Waals surface area contributed by atoms with Crippen molar-refractivity contribution >= 4 is 16.6 Å². The average molecular weight is 230 g/mol. The fraction of sp³-hybridized carbons (Fsp3) is 0.333. The lowest BCUT2D eigenvalue weighted by atomic mass is 10.2. The molecule has 0 saturated carbocycles. The van der Waals surface area contributed by atoms with Crippen LogP contribution in [0.25, 0.3) is 10.9 Å². The second-order valence-electron chi connectivity index (χ2n) is 3.99. The van der Waals surface area contributed by atoms with Crippen molar-refractivity contribution in [3.05, 3.63) is 30.5 Å². The molecule has 1 aromatic heterocycles. The summed E-state index contributed by atoms with van der Waals surface area (Å²) in [7, 11) is 0. The zero-order valence-corrected chi connectivity index (χ0v) is 9.47. The maximum Gasteiger partial charge on any atom is 0.0950 e. The van der Waals surface area contributed by atoms with Crippen molar-refractivity contribution in [2.75, 3.05) is 31.7 Å². The lowest BCUT2D eigenvalue weighted by Gasteiger charge is -2.28. The number of ether oxygens (including phenoxy) is 1. The van der Waals surface area contributed by atoms with Gasteiger partial charge in [-0.05, 0) is 6.07 Å².